The molecule has 11 aromatic carbocycles. The summed E-state index contributed by atoms with van der Waals surface area (Å²) in [5.41, 5.74) is 19.4. The standard InChI is InChI=1S/C73H40N8/c1-45-24-29-58(65(34-45)79-5)59-20-10-22-70(80-66-30-25-52(48-14-6-12-46(35-48)43-74)39-60(66)62-41-54(27-32-67(62)80)50-16-8-18-56(37-50)76-2)72(59)73-64(78-4)21-11-23-71(73)81-68-31-26-53(49-15-7-13-47(36-49)44-75)40-61(68)63-42-55(28-33-69(63)81)51-17-9-19-57(38-51)77-3/h6-42H,1H3. The Kier molecular flexibility index (Phi) is 11.9. The van der Waals surface area contributed by atoms with Crippen LogP contribution in [0.4, 0.5) is 22.7 Å². The molecule has 0 saturated heterocycles. The summed E-state index contributed by atoms with van der Waals surface area (Å²) in [6, 6.07) is 78.6. The van der Waals surface area contributed by atoms with Gasteiger partial charge in [0.05, 0.1) is 77.3 Å². The molecule has 81 heavy (non-hydrogen) atoms. The lowest BCUT2D eigenvalue weighted by Crippen LogP contribution is -2.03. The van der Waals surface area contributed by atoms with Crippen molar-refractivity contribution in [1.29, 1.82) is 10.5 Å². The van der Waals surface area contributed by atoms with Crippen LogP contribution < -0.4 is 0 Å². The predicted octanol–water partition coefficient (Wildman–Crippen LogP) is 20.1. The number of benzene rings is 11. The molecule has 0 spiro atoms. The van der Waals surface area contributed by atoms with Gasteiger partial charge in [0.2, 0.25) is 0 Å². The zero-order valence-corrected chi connectivity index (χ0v) is 43.4. The molecule has 0 radical (unpaired) electrons. The van der Waals surface area contributed by atoms with E-state index >= 15 is 0 Å². The lowest BCUT2D eigenvalue weighted by Gasteiger charge is -2.23. The van der Waals surface area contributed by atoms with Gasteiger partial charge in [-0.2, -0.15) is 10.5 Å². The van der Waals surface area contributed by atoms with E-state index in [-0.39, 0.29) is 0 Å². The fourth-order valence-electron chi connectivity index (χ4n) is 11.6. The molecule has 13 aromatic rings. The van der Waals surface area contributed by atoms with Crippen LogP contribution in [0.3, 0.4) is 0 Å². The third-order valence-electron chi connectivity index (χ3n) is 15.3. The van der Waals surface area contributed by atoms with E-state index in [1.54, 1.807) is 18.2 Å². The second-order valence-corrected chi connectivity index (χ2v) is 19.9. The van der Waals surface area contributed by atoms with Crippen LogP contribution >= 0.6 is 0 Å². The first kappa shape index (κ1) is 48.6. The highest BCUT2D eigenvalue weighted by Gasteiger charge is 2.27. The topological polar surface area (TPSA) is 74.9 Å². The van der Waals surface area contributed by atoms with Crippen molar-refractivity contribution < 1.29 is 0 Å². The van der Waals surface area contributed by atoms with Crippen molar-refractivity contribution in [3.63, 3.8) is 0 Å². The molecule has 0 fully saturated rings. The Bertz CT molecular complexity index is 4870. The maximum absolute atomic E-state index is 9.94. The molecule has 0 bridgehead atoms. The molecule has 2 aromatic heterocycles. The Morgan fingerprint density at radius 1 is 0.333 bits per heavy atom. The van der Waals surface area contributed by atoms with E-state index in [0.29, 0.717) is 39.4 Å². The summed E-state index contributed by atoms with van der Waals surface area (Å²) in [4.78, 5) is 16.0. The average molecular weight is 1030 g/mol. The molecule has 0 saturated carbocycles. The molecule has 0 N–H and O–H groups in total. The van der Waals surface area contributed by atoms with Crippen molar-refractivity contribution in [1.82, 2.24) is 9.13 Å². The van der Waals surface area contributed by atoms with Crippen molar-refractivity contribution in [2.45, 2.75) is 6.92 Å². The highest BCUT2D eigenvalue weighted by molar-refractivity contribution is 6.15. The maximum atomic E-state index is 9.94. The van der Waals surface area contributed by atoms with Crippen LogP contribution in [0.1, 0.15) is 16.7 Å². The first-order valence-electron chi connectivity index (χ1n) is 26.0. The van der Waals surface area contributed by atoms with Gasteiger partial charge >= 0.3 is 0 Å². The molecule has 0 atom stereocenters. The highest BCUT2D eigenvalue weighted by atomic mass is 15.0. The first-order chi connectivity index (χ1) is 39.8. The number of nitrogens with zero attached hydrogens (tertiary/aromatic N) is 8. The van der Waals surface area contributed by atoms with Gasteiger partial charge in [-0.15, -0.1) is 0 Å². The van der Waals surface area contributed by atoms with E-state index in [1.807, 2.05) is 122 Å². The average Bonchev–Trinajstić information content (AvgIpc) is 3.88. The van der Waals surface area contributed by atoms with E-state index in [9.17, 15) is 10.5 Å². The molecule has 8 heteroatoms. The van der Waals surface area contributed by atoms with Gasteiger partial charge in [0.1, 0.15) is 0 Å². The maximum Gasteiger partial charge on any atom is 0.197 e. The minimum Gasteiger partial charge on any atom is -0.310 e. The van der Waals surface area contributed by atoms with Crippen molar-refractivity contribution in [2.75, 3.05) is 0 Å². The summed E-state index contributed by atoms with van der Waals surface area (Å²) in [5.74, 6) is 0. The predicted molar refractivity (Wildman–Crippen MR) is 327 cm³/mol. The van der Waals surface area contributed by atoms with E-state index in [0.717, 1.165) is 122 Å². The van der Waals surface area contributed by atoms with Crippen LogP contribution in [0.5, 0.6) is 0 Å². The van der Waals surface area contributed by atoms with Gasteiger partial charge < -0.3 is 9.13 Å². The third-order valence-corrected chi connectivity index (χ3v) is 15.3. The molecule has 0 aliphatic rings. The Balaban J connectivity index is 1.15. The van der Waals surface area contributed by atoms with Gasteiger partial charge in [-0.05, 0) is 160 Å². The minimum absolute atomic E-state index is 0.410. The Morgan fingerprint density at radius 3 is 1.16 bits per heavy atom. The monoisotopic (exact) mass is 1030 g/mol. The Labute approximate surface area is 467 Å². The van der Waals surface area contributed by atoms with Gasteiger partial charge in [0.25, 0.3) is 0 Å². The van der Waals surface area contributed by atoms with E-state index < -0.39 is 0 Å². The molecular weight excluding hydrogens is 989 g/mol. The lowest BCUT2D eigenvalue weighted by molar-refractivity contribution is 1.16. The largest absolute Gasteiger partial charge is 0.310 e. The molecule has 0 unspecified atom stereocenters. The van der Waals surface area contributed by atoms with Crippen LogP contribution in [-0.2, 0) is 0 Å². The van der Waals surface area contributed by atoms with E-state index in [4.69, 9.17) is 26.3 Å². The van der Waals surface area contributed by atoms with Crippen molar-refractivity contribution in [2.24, 2.45) is 0 Å². The Hall–Kier alpha value is -12.0. The van der Waals surface area contributed by atoms with Gasteiger partial charge in [-0.3, -0.25) is 0 Å². The van der Waals surface area contributed by atoms with Gasteiger partial charge in [0.15, 0.2) is 22.7 Å². The molecule has 372 valence electrons. The fourth-order valence-corrected chi connectivity index (χ4v) is 11.6. The molecule has 0 aliphatic carbocycles. The summed E-state index contributed by atoms with van der Waals surface area (Å²) in [6.07, 6.45) is 0. The highest BCUT2D eigenvalue weighted by Crippen LogP contribution is 2.51. The lowest BCUT2D eigenvalue weighted by atomic mass is 9.89. The number of aromatic nitrogens is 2. The quantitative estimate of drug-likeness (QED) is 0.142. The van der Waals surface area contributed by atoms with Gasteiger partial charge in [0, 0.05) is 38.4 Å². The number of hydrogen-bond acceptors (Lipinski definition) is 2. The molecular formula is C73H40N8. The fraction of sp³-hybridized carbons (Fsp3) is 0.0137. The molecule has 0 aliphatic heterocycles. The SMILES string of the molecule is [C-]#[N+]c1cccc(-c2ccc3c(c2)c2cc(-c4cccc(C#N)c4)ccc2n3-c2cccc([N+]#[C-])c2-c2c(-c3ccc(C)cc3[N+]#[C-])cccc2-n2c3ccc(-c4cccc(C#N)c4)cc3c3cc(-c4cccc([N+]#[C-])c4)ccc32)c1. The van der Waals surface area contributed by atoms with E-state index in [1.165, 1.54) is 0 Å². The van der Waals surface area contributed by atoms with Crippen molar-refractivity contribution >= 4 is 66.4 Å². The number of nitriles is 2. The normalized spacial score (nSPS) is 11.0. The van der Waals surface area contributed by atoms with Crippen molar-refractivity contribution in [3.05, 3.63) is 287 Å². The molecule has 13 rings (SSSR count). The molecule has 2 heterocycles. The smallest absolute Gasteiger partial charge is 0.197 e. The third kappa shape index (κ3) is 8.28. The van der Waals surface area contributed by atoms with Crippen LogP contribution in [-0.4, -0.2) is 9.13 Å². The van der Waals surface area contributed by atoms with Crippen molar-refractivity contribution in [3.8, 4) is 90.3 Å². The van der Waals surface area contributed by atoms with E-state index in [2.05, 4.69) is 132 Å². The first-order valence-corrected chi connectivity index (χ1v) is 26.0. The summed E-state index contributed by atoms with van der Waals surface area (Å²) >= 11 is 0. The summed E-state index contributed by atoms with van der Waals surface area (Å²) in [6.45, 7) is 35.2. The zero-order chi connectivity index (χ0) is 55.3. The molecule has 8 nitrogen and oxygen atoms in total. The van der Waals surface area contributed by atoms with Gasteiger partial charge in [-0.25, -0.2) is 19.4 Å². The summed E-state index contributed by atoms with van der Waals surface area (Å²) in [7, 11) is 0. The summed E-state index contributed by atoms with van der Waals surface area (Å²) in [5, 5.41) is 23.7. The number of rotatable bonds is 8. The number of fused-ring (bicyclic) bond motifs is 6. The minimum atomic E-state index is 0.410. The number of hydrogen-bond donors (Lipinski definition) is 0. The summed E-state index contributed by atoms with van der Waals surface area (Å²) < 4.78 is 4.51. The van der Waals surface area contributed by atoms with Crippen LogP contribution in [0, 0.1) is 55.9 Å². The zero-order valence-electron chi connectivity index (χ0n) is 43.4. The second kappa shape index (κ2) is 19.8. The van der Waals surface area contributed by atoms with Crippen LogP contribution in [0.2, 0.25) is 0 Å². The molecule has 0 amide bonds. The second-order valence-electron chi connectivity index (χ2n) is 19.9. The van der Waals surface area contributed by atoms with Crippen LogP contribution in [0.15, 0.2) is 224 Å². The van der Waals surface area contributed by atoms with Crippen LogP contribution in [0.25, 0.3) is 141 Å². The number of aryl methyl sites for hydroxylation is 1. The Morgan fingerprint density at radius 2 is 0.728 bits per heavy atom. The van der Waals surface area contributed by atoms with Gasteiger partial charge in [-0.1, -0.05) is 133 Å².